The zero-order valence-electron chi connectivity index (χ0n) is 11.0. The van der Waals surface area contributed by atoms with Crippen molar-refractivity contribution in [2.24, 2.45) is 0 Å². The van der Waals surface area contributed by atoms with Gasteiger partial charge in [-0.3, -0.25) is 4.79 Å². The lowest BCUT2D eigenvalue weighted by molar-refractivity contribution is -0.117. The molecule has 1 aromatic rings. The molecule has 4 nitrogen and oxygen atoms in total. The number of ether oxygens (including phenoxy) is 1. The first kappa shape index (κ1) is 16.5. The monoisotopic (exact) mass is 312 g/mol. The Kier molecular flexibility index (Phi) is 7.10. The first-order valence-corrected chi connectivity index (χ1v) is 6.68. The molecule has 0 aromatic heterocycles. The fraction of sp³-hybridized carbons (Fsp3) is 0.286. The van der Waals surface area contributed by atoms with Crippen molar-refractivity contribution < 1.29 is 9.53 Å². The van der Waals surface area contributed by atoms with Crippen LogP contribution in [0.5, 0.6) is 0 Å². The summed E-state index contributed by atoms with van der Waals surface area (Å²) in [5.41, 5.74) is 0.561. The highest BCUT2D eigenvalue weighted by Gasteiger charge is 2.09. The van der Waals surface area contributed by atoms with E-state index in [-0.39, 0.29) is 5.57 Å². The molecule has 1 N–H and O–H groups in total. The van der Waals surface area contributed by atoms with Gasteiger partial charge in [0.2, 0.25) is 0 Å². The number of nitriles is 1. The molecule has 0 fully saturated rings. The molecule has 0 saturated heterocycles. The maximum Gasteiger partial charge on any atom is 0.261 e. The minimum Gasteiger partial charge on any atom is -0.385 e. The molecule has 106 valence electrons. The van der Waals surface area contributed by atoms with Crippen molar-refractivity contribution >= 4 is 35.2 Å². The highest BCUT2D eigenvalue weighted by Crippen LogP contribution is 2.23. The summed E-state index contributed by atoms with van der Waals surface area (Å²) < 4.78 is 4.87. The van der Waals surface area contributed by atoms with Crippen LogP contribution >= 0.6 is 23.2 Å². The van der Waals surface area contributed by atoms with E-state index in [2.05, 4.69) is 5.32 Å². The molecular weight excluding hydrogens is 299 g/mol. The van der Waals surface area contributed by atoms with Crippen LogP contribution < -0.4 is 5.32 Å². The SMILES string of the molecule is COCCCNC(=O)C(C#N)=Cc1ccc(Cl)cc1Cl. The number of carbonyl (C=O) groups is 1. The minimum atomic E-state index is -0.436. The highest BCUT2D eigenvalue weighted by atomic mass is 35.5. The van der Waals surface area contributed by atoms with Gasteiger partial charge in [-0.2, -0.15) is 5.26 Å². The highest BCUT2D eigenvalue weighted by molar-refractivity contribution is 6.35. The number of rotatable bonds is 6. The molecule has 6 heteroatoms. The number of hydrogen-bond donors (Lipinski definition) is 1. The van der Waals surface area contributed by atoms with E-state index in [1.165, 1.54) is 6.08 Å². The van der Waals surface area contributed by atoms with Crippen LogP contribution in [-0.4, -0.2) is 26.2 Å². The lowest BCUT2D eigenvalue weighted by Gasteiger charge is -2.04. The average molecular weight is 313 g/mol. The van der Waals surface area contributed by atoms with Crippen LogP contribution in [0.4, 0.5) is 0 Å². The summed E-state index contributed by atoms with van der Waals surface area (Å²) >= 11 is 11.8. The van der Waals surface area contributed by atoms with Gasteiger partial charge in [0.05, 0.1) is 0 Å². The Morgan fingerprint density at radius 3 is 2.85 bits per heavy atom. The van der Waals surface area contributed by atoms with Gasteiger partial charge in [0.15, 0.2) is 0 Å². The third kappa shape index (κ3) is 5.22. The Balaban J connectivity index is 2.77. The maximum absolute atomic E-state index is 11.8. The zero-order chi connectivity index (χ0) is 15.0. The van der Waals surface area contributed by atoms with Gasteiger partial charge in [-0.25, -0.2) is 0 Å². The Morgan fingerprint density at radius 2 is 2.25 bits per heavy atom. The number of hydrogen-bond acceptors (Lipinski definition) is 3. The Hall–Kier alpha value is -1.54. The third-order valence-electron chi connectivity index (χ3n) is 2.44. The summed E-state index contributed by atoms with van der Waals surface area (Å²) in [4.78, 5) is 11.8. The molecule has 1 aromatic carbocycles. The normalized spacial score (nSPS) is 11.0. The Labute approximate surface area is 127 Å². The first-order chi connectivity index (χ1) is 9.58. The van der Waals surface area contributed by atoms with E-state index in [1.54, 1.807) is 25.3 Å². The van der Waals surface area contributed by atoms with E-state index in [0.717, 1.165) is 0 Å². The van der Waals surface area contributed by atoms with Crippen molar-refractivity contribution in [2.45, 2.75) is 6.42 Å². The van der Waals surface area contributed by atoms with E-state index in [0.29, 0.717) is 35.2 Å². The van der Waals surface area contributed by atoms with Crippen molar-refractivity contribution in [3.05, 3.63) is 39.4 Å². The molecular formula is C14H14Cl2N2O2. The smallest absolute Gasteiger partial charge is 0.261 e. The van der Waals surface area contributed by atoms with Crippen LogP contribution in [0, 0.1) is 11.3 Å². The van der Waals surface area contributed by atoms with Crippen molar-refractivity contribution in [3.8, 4) is 6.07 Å². The number of carbonyl (C=O) groups excluding carboxylic acids is 1. The molecule has 0 aliphatic rings. The van der Waals surface area contributed by atoms with Crippen molar-refractivity contribution in [3.63, 3.8) is 0 Å². The van der Waals surface area contributed by atoms with Gasteiger partial charge in [0.1, 0.15) is 11.6 Å². The molecule has 0 radical (unpaired) electrons. The first-order valence-electron chi connectivity index (χ1n) is 5.92. The number of nitrogens with one attached hydrogen (secondary N) is 1. The van der Waals surface area contributed by atoms with Crippen LogP contribution in [-0.2, 0) is 9.53 Å². The van der Waals surface area contributed by atoms with Gasteiger partial charge in [-0.1, -0.05) is 29.3 Å². The molecule has 0 spiro atoms. The van der Waals surface area contributed by atoms with E-state index >= 15 is 0 Å². The lowest BCUT2D eigenvalue weighted by Crippen LogP contribution is -2.26. The van der Waals surface area contributed by atoms with E-state index in [4.69, 9.17) is 33.2 Å². The number of methoxy groups -OCH3 is 1. The standard InChI is InChI=1S/C14H14Cl2N2O2/c1-20-6-2-5-18-14(19)11(9-17)7-10-3-4-12(15)8-13(10)16/h3-4,7-8H,2,5-6H2,1H3,(H,18,19). The summed E-state index contributed by atoms with van der Waals surface area (Å²) in [6.07, 6.45) is 2.12. The van der Waals surface area contributed by atoms with Gasteiger partial charge < -0.3 is 10.1 Å². The number of benzene rings is 1. The number of amides is 1. The molecule has 1 rings (SSSR count). The van der Waals surface area contributed by atoms with E-state index in [1.807, 2.05) is 6.07 Å². The van der Waals surface area contributed by atoms with Crippen molar-refractivity contribution in [2.75, 3.05) is 20.3 Å². The molecule has 20 heavy (non-hydrogen) atoms. The van der Waals surface area contributed by atoms with Crippen LogP contribution in [0.2, 0.25) is 10.0 Å². The largest absolute Gasteiger partial charge is 0.385 e. The summed E-state index contributed by atoms with van der Waals surface area (Å²) in [6, 6.07) is 6.71. The lowest BCUT2D eigenvalue weighted by atomic mass is 10.1. The second-order valence-corrected chi connectivity index (χ2v) is 4.78. The Bertz CT molecular complexity index is 551. The van der Waals surface area contributed by atoms with Crippen molar-refractivity contribution in [1.29, 1.82) is 5.26 Å². The molecule has 0 unspecified atom stereocenters. The van der Waals surface area contributed by atoms with Gasteiger partial charge in [-0.05, 0) is 30.2 Å². The van der Waals surface area contributed by atoms with E-state index in [9.17, 15) is 4.79 Å². The summed E-state index contributed by atoms with van der Waals surface area (Å²) in [5.74, 6) is -0.436. The predicted molar refractivity (Wildman–Crippen MR) is 79.6 cm³/mol. The Morgan fingerprint density at radius 1 is 1.50 bits per heavy atom. The van der Waals surface area contributed by atoms with Crippen LogP contribution in [0.3, 0.4) is 0 Å². The fourth-order valence-electron chi connectivity index (χ4n) is 1.44. The summed E-state index contributed by atoms with van der Waals surface area (Å²) in [6.45, 7) is 0.995. The predicted octanol–water partition coefficient (Wildman–Crippen LogP) is 3.05. The van der Waals surface area contributed by atoms with Gasteiger partial charge in [-0.15, -0.1) is 0 Å². The second kappa shape index (κ2) is 8.60. The fourth-order valence-corrected chi connectivity index (χ4v) is 1.90. The van der Waals surface area contributed by atoms with Gasteiger partial charge in [0.25, 0.3) is 5.91 Å². The molecule has 0 saturated carbocycles. The topological polar surface area (TPSA) is 62.1 Å². The zero-order valence-corrected chi connectivity index (χ0v) is 12.5. The van der Waals surface area contributed by atoms with E-state index < -0.39 is 5.91 Å². The third-order valence-corrected chi connectivity index (χ3v) is 3.00. The maximum atomic E-state index is 11.8. The van der Waals surface area contributed by atoms with Crippen LogP contribution in [0.1, 0.15) is 12.0 Å². The summed E-state index contributed by atoms with van der Waals surface area (Å²) in [5, 5.41) is 12.6. The number of nitrogens with zero attached hydrogens (tertiary/aromatic N) is 1. The van der Waals surface area contributed by atoms with Crippen molar-refractivity contribution in [1.82, 2.24) is 5.32 Å². The number of halogens is 2. The second-order valence-electron chi connectivity index (χ2n) is 3.94. The average Bonchev–Trinajstić information content (AvgIpc) is 2.42. The van der Waals surface area contributed by atoms with Crippen LogP contribution in [0.15, 0.2) is 23.8 Å². The van der Waals surface area contributed by atoms with Gasteiger partial charge >= 0.3 is 0 Å². The quantitative estimate of drug-likeness (QED) is 0.499. The van der Waals surface area contributed by atoms with Gasteiger partial charge in [0, 0.05) is 30.3 Å². The molecule has 0 atom stereocenters. The molecule has 0 aliphatic carbocycles. The molecule has 1 amide bonds. The van der Waals surface area contributed by atoms with Crippen LogP contribution in [0.25, 0.3) is 6.08 Å². The molecule has 0 bridgehead atoms. The minimum absolute atomic E-state index is 0.00774. The molecule has 0 aliphatic heterocycles. The molecule has 0 heterocycles. The summed E-state index contributed by atoms with van der Waals surface area (Å²) in [7, 11) is 1.59.